The third-order valence-corrected chi connectivity index (χ3v) is 3.35. The van der Waals surface area contributed by atoms with Crippen molar-refractivity contribution in [3.63, 3.8) is 0 Å². The van der Waals surface area contributed by atoms with E-state index in [-0.39, 0.29) is 0 Å². The molecule has 0 aromatic carbocycles. The lowest BCUT2D eigenvalue weighted by Crippen LogP contribution is -2.28. The number of nitrogens with one attached hydrogen (secondary N) is 1. The fourth-order valence-electron chi connectivity index (χ4n) is 2.13. The highest BCUT2D eigenvalue weighted by Gasteiger charge is 2.15. The van der Waals surface area contributed by atoms with E-state index in [2.05, 4.69) is 44.2 Å². The minimum absolute atomic E-state index is 0.691. The van der Waals surface area contributed by atoms with Gasteiger partial charge in [-0.15, -0.1) is 0 Å². The van der Waals surface area contributed by atoms with E-state index in [1.165, 1.54) is 12.1 Å². The molecule has 1 rings (SSSR count). The van der Waals surface area contributed by atoms with Gasteiger partial charge in [0.05, 0.1) is 5.69 Å². The van der Waals surface area contributed by atoms with Crippen molar-refractivity contribution in [2.45, 2.75) is 40.5 Å². The molecule has 1 heterocycles. The molecule has 0 bridgehead atoms. The second kappa shape index (κ2) is 6.80. The molecule has 98 valence electrons. The summed E-state index contributed by atoms with van der Waals surface area (Å²) in [5.74, 6) is 1.39. The van der Waals surface area contributed by atoms with Crippen molar-refractivity contribution in [3.05, 3.63) is 17.5 Å². The number of aryl methyl sites for hydroxylation is 2. The van der Waals surface area contributed by atoms with Crippen molar-refractivity contribution in [2.24, 2.45) is 18.9 Å². The minimum Gasteiger partial charge on any atom is -0.316 e. The van der Waals surface area contributed by atoms with Crippen LogP contribution in [0.4, 0.5) is 0 Å². The summed E-state index contributed by atoms with van der Waals surface area (Å²) in [6, 6.07) is 2.20. The van der Waals surface area contributed by atoms with Gasteiger partial charge in [0.15, 0.2) is 0 Å². The molecular formula is C14H27N3. The van der Waals surface area contributed by atoms with Crippen LogP contribution in [0.1, 0.15) is 38.6 Å². The van der Waals surface area contributed by atoms with Crippen LogP contribution in [-0.4, -0.2) is 22.9 Å². The Morgan fingerprint density at radius 1 is 1.41 bits per heavy atom. The van der Waals surface area contributed by atoms with Gasteiger partial charge in [0.25, 0.3) is 0 Å². The maximum Gasteiger partial charge on any atom is 0.0596 e. The van der Waals surface area contributed by atoms with Crippen LogP contribution in [0.25, 0.3) is 0 Å². The summed E-state index contributed by atoms with van der Waals surface area (Å²) in [5, 5.41) is 7.95. The zero-order valence-corrected chi connectivity index (χ0v) is 12.0. The molecule has 1 N–H and O–H groups in total. The molecule has 1 aromatic rings. The second-order valence-electron chi connectivity index (χ2n) is 5.31. The van der Waals surface area contributed by atoms with Crippen molar-refractivity contribution >= 4 is 0 Å². The number of hydrogen-bond acceptors (Lipinski definition) is 2. The molecule has 0 aliphatic rings. The summed E-state index contributed by atoms with van der Waals surface area (Å²) in [6.07, 6.45) is 2.32. The molecule has 1 unspecified atom stereocenters. The van der Waals surface area contributed by atoms with Crippen LogP contribution in [0, 0.1) is 18.8 Å². The minimum atomic E-state index is 0.691. The van der Waals surface area contributed by atoms with E-state index in [4.69, 9.17) is 0 Å². The van der Waals surface area contributed by atoms with Crippen LogP contribution in [0.15, 0.2) is 6.07 Å². The summed E-state index contributed by atoms with van der Waals surface area (Å²) in [5.41, 5.74) is 2.46. The molecule has 17 heavy (non-hydrogen) atoms. The lowest BCUT2D eigenvalue weighted by molar-refractivity contribution is 0.354. The quantitative estimate of drug-likeness (QED) is 0.739. The molecule has 1 atom stereocenters. The summed E-state index contributed by atoms with van der Waals surface area (Å²) in [6.45, 7) is 11.1. The summed E-state index contributed by atoms with van der Waals surface area (Å²) >= 11 is 0. The Balaban J connectivity index is 2.57. The fourth-order valence-corrected chi connectivity index (χ4v) is 2.13. The summed E-state index contributed by atoms with van der Waals surface area (Å²) in [7, 11) is 2.04. The van der Waals surface area contributed by atoms with E-state index in [1.807, 2.05) is 11.7 Å². The maximum absolute atomic E-state index is 4.42. The molecule has 0 saturated carbocycles. The van der Waals surface area contributed by atoms with Crippen LogP contribution >= 0.6 is 0 Å². The van der Waals surface area contributed by atoms with Crippen molar-refractivity contribution in [1.82, 2.24) is 15.1 Å². The largest absolute Gasteiger partial charge is 0.316 e. The van der Waals surface area contributed by atoms with Gasteiger partial charge in [-0.2, -0.15) is 5.10 Å². The molecule has 0 saturated heterocycles. The number of nitrogens with zero attached hydrogens (tertiary/aromatic N) is 2. The Morgan fingerprint density at radius 3 is 2.59 bits per heavy atom. The Hall–Kier alpha value is -0.830. The van der Waals surface area contributed by atoms with Crippen LogP contribution in [0.3, 0.4) is 0 Å². The van der Waals surface area contributed by atoms with Gasteiger partial charge in [-0.05, 0) is 50.8 Å². The Morgan fingerprint density at radius 2 is 2.12 bits per heavy atom. The monoisotopic (exact) mass is 237 g/mol. The number of hydrogen-bond donors (Lipinski definition) is 1. The van der Waals surface area contributed by atoms with Crippen LogP contribution in [-0.2, 0) is 13.5 Å². The second-order valence-corrected chi connectivity index (χ2v) is 5.31. The Labute approximate surface area is 106 Å². The normalized spacial score (nSPS) is 13.3. The van der Waals surface area contributed by atoms with Gasteiger partial charge < -0.3 is 5.32 Å². The van der Waals surface area contributed by atoms with Gasteiger partial charge >= 0.3 is 0 Å². The van der Waals surface area contributed by atoms with Crippen LogP contribution in [0.2, 0.25) is 0 Å². The van der Waals surface area contributed by atoms with E-state index < -0.39 is 0 Å². The van der Waals surface area contributed by atoms with Crippen molar-refractivity contribution < 1.29 is 0 Å². The highest BCUT2D eigenvalue weighted by molar-refractivity contribution is 5.09. The Bertz CT molecular complexity index is 328. The summed E-state index contributed by atoms with van der Waals surface area (Å²) in [4.78, 5) is 0. The van der Waals surface area contributed by atoms with Gasteiger partial charge in [-0.1, -0.05) is 20.8 Å². The van der Waals surface area contributed by atoms with Gasteiger partial charge in [-0.3, -0.25) is 4.68 Å². The zero-order chi connectivity index (χ0) is 12.8. The molecular weight excluding hydrogens is 210 g/mol. The maximum atomic E-state index is 4.42. The van der Waals surface area contributed by atoms with Gasteiger partial charge in [0.1, 0.15) is 0 Å². The predicted octanol–water partition coefficient (Wildman–Crippen LogP) is 2.54. The lowest BCUT2D eigenvalue weighted by Gasteiger charge is -2.21. The zero-order valence-electron chi connectivity index (χ0n) is 12.0. The molecule has 3 nitrogen and oxygen atoms in total. The Kier molecular flexibility index (Phi) is 5.69. The SMILES string of the molecule is CCCNCC(Cc1cc(C)nn1C)C(C)C. The molecule has 0 aliphatic carbocycles. The molecule has 0 fully saturated rings. The van der Waals surface area contributed by atoms with E-state index >= 15 is 0 Å². The first kappa shape index (κ1) is 14.2. The molecule has 1 aromatic heterocycles. The highest BCUT2D eigenvalue weighted by atomic mass is 15.3. The molecule has 0 spiro atoms. The van der Waals surface area contributed by atoms with Gasteiger partial charge in [-0.25, -0.2) is 0 Å². The van der Waals surface area contributed by atoms with Crippen molar-refractivity contribution in [2.75, 3.05) is 13.1 Å². The molecule has 0 amide bonds. The lowest BCUT2D eigenvalue weighted by atomic mass is 9.91. The third kappa shape index (κ3) is 4.50. The average molecular weight is 237 g/mol. The fraction of sp³-hybridized carbons (Fsp3) is 0.786. The summed E-state index contributed by atoms with van der Waals surface area (Å²) < 4.78 is 2.02. The standard InChI is InChI=1S/C14H27N3/c1-6-7-15-10-13(11(2)3)9-14-8-12(4)16-17(14)5/h8,11,13,15H,6-7,9-10H2,1-5H3. The smallest absolute Gasteiger partial charge is 0.0596 e. The van der Waals surface area contributed by atoms with Crippen LogP contribution < -0.4 is 5.32 Å². The predicted molar refractivity (Wildman–Crippen MR) is 73.1 cm³/mol. The first-order valence-corrected chi connectivity index (χ1v) is 6.74. The van der Waals surface area contributed by atoms with Crippen molar-refractivity contribution in [3.8, 4) is 0 Å². The number of aromatic nitrogens is 2. The number of rotatable bonds is 7. The van der Waals surface area contributed by atoms with Crippen LogP contribution in [0.5, 0.6) is 0 Å². The van der Waals surface area contributed by atoms with E-state index in [0.717, 1.165) is 25.2 Å². The average Bonchev–Trinajstić information content (AvgIpc) is 2.56. The van der Waals surface area contributed by atoms with Gasteiger partial charge in [0.2, 0.25) is 0 Å². The molecule has 3 heteroatoms. The topological polar surface area (TPSA) is 29.9 Å². The van der Waals surface area contributed by atoms with E-state index in [0.29, 0.717) is 11.8 Å². The molecule has 0 aliphatic heterocycles. The van der Waals surface area contributed by atoms with E-state index in [9.17, 15) is 0 Å². The van der Waals surface area contributed by atoms with E-state index in [1.54, 1.807) is 0 Å². The molecule has 0 radical (unpaired) electrons. The van der Waals surface area contributed by atoms with Crippen molar-refractivity contribution in [1.29, 1.82) is 0 Å². The first-order chi connectivity index (χ1) is 8.04. The third-order valence-electron chi connectivity index (χ3n) is 3.35. The van der Waals surface area contributed by atoms with Gasteiger partial charge in [0, 0.05) is 12.7 Å². The first-order valence-electron chi connectivity index (χ1n) is 6.74. The highest BCUT2D eigenvalue weighted by Crippen LogP contribution is 2.17.